The minimum absolute atomic E-state index is 0.170. The first-order valence-electron chi connectivity index (χ1n) is 7.68. The third-order valence-corrected chi connectivity index (χ3v) is 5.16. The molecular weight excluding hydrogens is 268 g/mol. The lowest BCUT2D eigenvalue weighted by atomic mass is 9.79. The van der Waals surface area contributed by atoms with E-state index in [9.17, 15) is 4.79 Å². The van der Waals surface area contributed by atoms with Crippen molar-refractivity contribution >= 4 is 17.2 Å². The highest BCUT2D eigenvalue weighted by Gasteiger charge is 2.37. The van der Waals surface area contributed by atoms with Crippen LogP contribution in [0.4, 0.5) is 0 Å². The molecule has 1 fully saturated rings. The maximum absolute atomic E-state index is 12.7. The van der Waals surface area contributed by atoms with Gasteiger partial charge in [-0.25, -0.2) is 0 Å². The molecule has 1 amide bonds. The fraction of sp³-hybridized carbons (Fsp3) is 0.688. The molecule has 1 atom stereocenters. The number of rotatable bonds is 5. The molecular formula is C16H26N2OS. The second kappa shape index (κ2) is 7.23. The SMILES string of the molecule is CC(Cc1ccsc1)NC(=O)C1(CN)CCCCCC1. The zero-order valence-electron chi connectivity index (χ0n) is 12.4. The van der Waals surface area contributed by atoms with E-state index in [0.29, 0.717) is 6.54 Å². The summed E-state index contributed by atoms with van der Waals surface area (Å²) in [6.45, 7) is 2.56. The Bertz CT molecular complexity index is 408. The molecule has 1 aromatic heterocycles. The van der Waals surface area contributed by atoms with Crippen molar-refractivity contribution in [2.75, 3.05) is 6.54 Å². The van der Waals surface area contributed by atoms with E-state index in [1.165, 1.54) is 18.4 Å². The van der Waals surface area contributed by atoms with Crippen LogP contribution in [-0.4, -0.2) is 18.5 Å². The summed E-state index contributed by atoms with van der Waals surface area (Å²) in [5.74, 6) is 0.171. The Balaban J connectivity index is 1.94. The maximum Gasteiger partial charge on any atom is 0.227 e. The molecule has 4 heteroatoms. The molecule has 20 heavy (non-hydrogen) atoms. The first kappa shape index (κ1) is 15.5. The van der Waals surface area contributed by atoms with Gasteiger partial charge in [0.25, 0.3) is 0 Å². The van der Waals surface area contributed by atoms with Crippen LogP contribution >= 0.6 is 11.3 Å². The molecule has 3 nitrogen and oxygen atoms in total. The molecule has 2 rings (SSSR count). The highest BCUT2D eigenvalue weighted by atomic mass is 32.1. The van der Waals surface area contributed by atoms with Gasteiger partial charge in [-0.3, -0.25) is 4.79 Å². The lowest BCUT2D eigenvalue weighted by Crippen LogP contribution is -2.48. The van der Waals surface area contributed by atoms with Gasteiger partial charge < -0.3 is 11.1 Å². The molecule has 112 valence electrons. The van der Waals surface area contributed by atoms with Crippen molar-refractivity contribution in [1.29, 1.82) is 0 Å². The minimum Gasteiger partial charge on any atom is -0.353 e. The molecule has 1 unspecified atom stereocenters. The lowest BCUT2D eigenvalue weighted by Gasteiger charge is -2.31. The fourth-order valence-electron chi connectivity index (χ4n) is 3.12. The van der Waals surface area contributed by atoms with E-state index in [1.54, 1.807) is 11.3 Å². The summed E-state index contributed by atoms with van der Waals surface area (Å²) in [5, 5.41) is 7.42. The average Bonchev–Trinajstić information content (AvgIpc) is 2.80. The predicted molar refractivity (Wildman–Crippen MR) is 84.8 cm³/mol. The number of thiophene rings is 1. The van der Waals surface area contributed by atoms with E-state index in [1.807, 2.05) is 0 Å². The van der Waals surface area contributed by atoms with Crippen molar-refractivity contribution in [1.82, 2.24) is 5.32 Å². The molecule has 1 aliphatic rings. The number of carbonyl (C=O) groups excluding carboxylic acids is 1. The van der Waals surface area contributed by atoms with Gasteiger partial charge in [0.15, 0.2) is 0 Å². The van der Waals surface area contributed by atoms with Gasteiger partial charge >= 0.3 is 0 Å². The summed E-state index contributed by atoms with van der Waals surface area (Å²) < 4.78 is 0. The number of hydrogen-bond acceptors (Lipinski definition) is 3. The van der Waals surface area contributed by atoms with Crippen LogP contribution < -0.4 is 11.1 Å². The van der Waals surface area contributed by atoms with Crippen LogP contribution in [0.1, 0.15) is 51.0 Å². The number of nitrogens with two attached hydrogens (primary N) is 1. The average molecular weight is 294 g/mol. The number of amides is 1. The van der Waals surface area contributed by atoms with Crippen LogP contribution in [0.25, 0.3) is 0 Å². The molecule has 0 radical (unpaired) electrons. The van der Waals surface area contributed by atoms with Crippen LogP contribution in [0.3, 0.4) is 0 Å². The van der Waals surface area contributed by atoms with Crippen molar-refractivity contribution in [3.05, 3.63) is 22.4 Å². The van der Waals surface area contributed by atoms with Crippen LogP contribution in [0, 0.1) is 5.41 Å². The van der Waals surface area contributed by atoms with Gasteiger partial charge in [-0.15, -0.1) is 0 Å². The summed E-state index contributed by atoms with van der Waals surface area (Å²) in [6.07, 6.45) is 7.52. The Hall–Kier alpha value is -0.870. The lowest BCUT2D eigenvalue weighted by molar-refractivity contribution is -0.132. The Labute approximate surface area is 125 Å². The topological polar surface area (TPSA) is 55.1 Å². The van der Waals surface area contributed by atoms with E-state index in [4.69, 9.17) is 5.73 Å². The number of nitrogens with one attached hydrogen (secondary N) is 1. The monoisotopic (exact) mass is 294 g/mol. The quantitative estimate of drug-likeness (QED) is 0.820. The largest absolute Gasteiger partial charge is 0.353 e. The van der Waals surface area contributed by atoms with Gasteiger partial charge in [0, 0.05) is 12.6 Å². The van der Waals surface area contributed by atoms with Gasteiger partial charge in [0.05, 0.1) is 5.41 Å². The summed E-state index contributed by atoms with van der Waals surface area (Å²) in [7, 11) is 0. The maximum atomic E-state index is 12.7. The molecule has 0 spiro atoms. The predicted octanol–water partition coefficient (Wildman–Crippen LogP) is 3.09. The van der Waals surface area contributed by atoms with Crippen molar-refractivity contribution in [2.24, 2.45) is 11.1 Å². The first-order chi connectivity index (χ1) is 9.66. The molecule has 0 aromatic carbocycles. The molecule has 1 heterocycles. The van der Waals surface area contributed by atoms with Crippen molar-refractivity contribution < 1.29 is 4.79 Å². The molecule has 0 saturated heterocycles. The van der Waals surface area contributed by atoms with E-state index in [2.05, 4.69) is 29.1 Å². The third kappa shape index (κ3) is 3.83. The minimum atomic E-state index is -0.320. The molecule has 1 aliphatic carbocycles. The third-order valence-electron chi connectivity index (χ3n) is 4.43. The molecule has 1 aromatic rings. The second-order valence-electron chi connectivity index (χ2n) is 6.11. The Morgan fingerprint density at radius 2 is 2.10 bits per heavy atom. The van der Waals surface area contributed by atoms with Crippen LogP contribution in [0.2, 0.25) is 0 Å². The summed E-state index contributed by atoms with van der Waals surface area (Å²) in [6, 6.07) is 2.29. The fourth-order valence-corrected chi connectivity index (χ4v) is 3.80. The standard InChI is InChI=1S/C16H26N2OS/c1-13(10-14-6-9-20-11-14)18-15(19)16(12-17)7-4-2-3-5-8-16/h6,9,11,13H,2-5,7-8,10,12,17H2,1H3,(H,18,19). The van der Waals surface area contributed by atoms with Gasteiger partial charge in [-0.1, -0.05) is 25.7 Å². The van der Waals surface area contributed by atoms with Gasteiger partial charge in [0.1, 0.15) is 0 Å². The van der Waals surface area contributed by atoms with Gasteiger partial charge in [-0.05, 0) is 48.6 Å². The van der Waals surface area contributed by atoms with Crippen molar-refractivity contribution in [3.8, 4) is 0 Å². The second-order valence-corrected chi connectivity index (χ2v) is 6.89. The van der Waals surface area contributed by atoms with Gasteiger partial charge in [-0.2, -0.15) is 11.3 Å². The zero-order valence-corrected chi connectivity index (χ0v) is 13.2. The highest BCUT2D eigenvalue weighted by molar-refractivity contribution is 7.07. The highest BCUT2D eigenvalue weighted by Crippen LogP contribution is 2.34. The Morgan fingerprint density at radius 1 is 1.40 bits per heavy atom. The summed E-state index contributed by atoms with van der Waals surface area (Å²) in [4.78, 5) is 12.7. The summed E-state index contributed by atoms with van der Waals surface area (Å²) in [5.41, 5.74) is 6.94. The normalized spacial score (nSPS) is 20.1. The van der Waals surface area contributed by atoms with Crippen molar-refractivity contribution in [3.63, 3.8) is 0 Å². The van der Waals surface area contributed by atoms with Crippen molar-refractivity contribution in [2.45, 2.75) is 57.9 Å². The Morgan fingerprint density at radius 3 is 2.65 bits per heavy atom. The van der Waals surface area contributed by atoms with E-state index < -0.39 is 0 Å². The molecule has 3 N–H and O–H groups in total. The van der Waals surface area contributed by atoms with Crippen LogP contribution in [-0.2, 0) is 11.2 Å². The summed E-state index contributed by atoms with van der Waals surface area (Å²) >= 11 is 1.70. The van der Waals surface area contributed by atoms with Crippen LogP contribution in [0.5, 0.6) is 0 Å². The Kier molecular flexibility index (Phi) is 5.61. The number of carbonyl (C=O) groups is 1. The van der Waals surface area contributed by atoms with Crippen LogP contribution in [0.15, 0.2) is 16.8 Å². The van der Waals surface area contributed by atoms with E-state index in [-0.39, 0.29) is 17.4 Å². The smallest absolute Gasteiger partial charge is 0.227 e. The molecule has 0 aliphatic heterocycles. The molecule has 0 bridgehead atoms. The zero-order chi connectivity index (χ0) is 14.4. The van der Waals surface area contributed by atoms with E-state index >= 15 is 0 Å². The number of hydrogen-bond donors (Lipinski definition) is 2. The van der Waals surface area contributed by atoms with E-state index in [0.717, 1.165) is 32.1 Å². The first-order valence-corrected chi connectivity index (χ1v) is 8.63. The molecule has 1 saturated carbocycles. The van der Waals surface area contributed by atoms with Gasteiger partial charge in [0.2, 0.25) is 5.91 Å².